The molecule has 0 saturated carbocycles. The van der Waals surface area contributed by atoms with Crippen molar-refractivity contribution < 1.29 is 0 Å². The zero-order valence-corrected chi connectivity index (χ0v) is 19.8. The molecule has 1 aromatic rings. The molecule has 0 amide bonds. The Morgan fingerprint density at radius 1 is 1.03 bits per heavy atom. The summed E-state index contributed by atoms with van der Waals surface area (Å²) in [7, 11) is 2.26. The highest BCUT2D eigenvalue weighted by Crippen LogP contribution is 2.32. The number of guanidine groups is 1. The van der Waals surface area contributed by atoms with Crippen LogP contribution in [0, 0.1) is 0 Å². The van der Waals surface area contributed by atoms with Gasteiger partial charge >= 0.3 is 0 Å². The molecule has 4 heterocycles. The number of thiophene rings is 1. The van der Waals surface area contributed by atoms with Gasteiger partial charge in [0.25, 0.3) is 0 Å². The molecule has 168 valence electrons. The van der Waals surface area contributed by atoms with Gasteiger partial charge in [0.2, 0.25) is 0 Å². The minimum absolute atomic E-state index is 0.256. The quantitative estimate of drug-likeness (QED) is 0.572. The largest absolute Gasteiger partial charge is 0.360 e. The summed E-state index contributed by atoms with van der Waals surface area (Å²) in [5, 5.41) is 7.17. The zero-order chi connectivity index (χ0) is 20.8. The van der Waals surface area contributed by atoms with Crippen LogP contribution in [0.2, 0.25) is 0 Å². The van der Waals surface area contributed by atoms with E-state index in [9.17, 15) is 0 Å². The van der Waals surface area contributed by atoms with Crippen LogP contribution < -0.4 is 10.2 Å². The number of piperazine rings is 1. The van der Waals surface area contributed by atoms with Gasteiger partial charge in [0.05, 0.1) is 11.5 Å². The van der Waals surface area contributed by atoms with E-state index in [0.29, 0.717) is 0 Å². The lowest BCUT2D eigenvalue weighted by Gasteiger charge is -2.49. The van der Waals surface area contributed by atoms with Crippen LogP contribution >= 0.6 is 11.3 Å². The molecule has 3 saturated heterocycles. The van der Waals surface area contributed by atoms with Crippen molar-refractivity contribution in [2.75, 3.05) is 77.4 Å². The second-order valence-corrected chi connectivity index (χ2v) is 10.1. The maximum absolute atomic E-state index is 5.28. The molecule has 3 aliphatic heterocycles. The summed E-state index contributed by atoms with van der Waals surface area (Å²) in [4.78, 5) is 15.5. The Morgan fingerprint density at radius 3 is 2.40 bits per heavy atom. The van der Waals surface area contributed by atoms with Gasteiger partial charge in [0, 0.05) is 38.3 Å². The summed E-state index contributed by atoms with van der Waals surface area (Å²) in [5.74, 6) is 1.12. The molecular weight excluding hydrogens is 392 g/mol. The van der Waals surface area contributed by atoms with Gasteiger partial charge < -0.3 is 20.0 Å². The second kappa shape index (κ2) is 10.3. The standard InChI is InChI=1S/C23H40N6S/c1-3-24-22(28-17-15-27(16-18-28)21-8-7-19-30-21)25-20-23(9-13-26(2)14-10-23)29-11-5-4-6-12-29/h7-8,19H,3-6,9-18,20H2,1-2H3,(H,24,25). The Hall–Kier alpha value is -1.31. The number of aliphatic imine (C=N–C) groups is 1. The molecule has 3 fully saturated rings. The Labute approximate surface area is 186 Å². The monoisotopic (exact) mass is 432 g/mol. The number of rotatable bonds is 5. The van der Waals surface area contributed by atoms with E-state index in [1.54, 1.807) is 0 Å². The van der Waals surface area contributed by atoms with Crippen molar-refractivity contribution in [2.24, 2.45) is 4.99 Å². The first kappa shape index (κ1) is 21.9. The van der Waals surface area contributed by atoms with Crippen molar-refractivity contribution >= 4 is 22.3 Å². The van der Waals surface area contributed by atoms with Crippen molar-refractivity contribution in [1.29, 1.82) is 0 Å². The Kier molecular flexibility index (Phi) is 7.55. The van der Waals surface area contributed by atoms with E-state index >= 15 is 0 Å². The molecule has 1 N–H and O–H groups in total. The number of piperidine rings is 2. The van der Waals surface area contributed by atoms with Gasteiger partial charge in [-0.3, -0.25) is 9.89 Å². The van der Waals surface area contributed by atoms with Crippen LogP contribution in [0.4, 0.5) is 5.00 Å². The number of nitrogens with zero attached hydrogens (tertiary/aromatic N) is 5. The van der Waals surface area contributed by atoms with E-state index in [1.807, 2.05) is 11.3 Å². The van der Waals surface area contributed by atoms with Crippen LogP contribution in [0.15, 0.2) is 22.5 Å². The minimum atomic E-state index is 0.256. The van der Waals surface area contributed by atoms with Crippen LogP contribution in [0.3, 0.4) is 0 Å². The fraction of sp³-hybridized carbons (Fsp3) is 0.783. The average Bonchev–Trinajstić information content (AvgIpc) is 3.34. The molecule has 0 aliphatic carbocycles. The van der Waals surface area contributed by atoms with Gasteiger partial charge in [-0.05, 0) is 83.3 Å². The molecule has 1 aromatic heterocycles. The van der Waals surface area contributed by atoms with Crippen LogP contribution in [-0.4, -0.2) is 98.7 Å². The molecule has 0 radical (unpaired) electrons. The fourth-order valence-corrected chi connectivity index (χ4v) is 6.00. The van der Waals surface area contributed by atoms with Crippen LogP contribution in [0.1, 0.15) is 39.0 Å². The second-order valence-electron chi connectivity index (χ2n) is 9.17. The van der Waals surface area contributed by atoms with Crippen molar-refractivity contribution in [1.82, 2.24) is 20.0 Å². The first-order valence-electron chi connectivity index (χ1n) is 12.0. The molecule has 0 atom stereocenters. The number of nitrogens with one attached hydrogen (secondary N) is 1. The lowest BCUT2D eigenvalue weighted by Crippen LogP contribution is -2.59. The first-order chi connectivity index (χ1) is 14.7. The van der Waals surface area contributed by atoms with Gasteiger partial charge in [-0.15, -0.1) is 11.3 Å². The average molecular weight is 433 g/mol. The third kappa shape index (κ3) is 5.11. The van der Waals surface area contributed by atoms with E-state index < -0.39 is 0 Å². The highest BCUT2D eigenvalue weighted by molar-refractivity contribution is 7.14. The zero-order valence-electron chi connectivity index (χ0n) is 19.0. The minimum Gasteiger partial charge on any atom is -0.360 e. The SMILES string of the molecule is CCNC(=NCC1(N2CCCCC2)CCN(C)CC1)N1CCN(c2cccs2)CC1. The summed E-state index contributed by atoms with van der Waals surface area (Å²) in [6, 6.07) is 4.39. The van der Waals surface area contributed by atoms with Crippen molar-refractivity contribution in [3.05, 3.63) is 17.5 Å². The Morgan fingerprint density at radius 2 is 1.77 bits per heavy atom. The number of hydrogen-bond donors (Lipinski definition) is 1. The topological polar surface area (TPSA) is 37.4 Å². The van der Waals surface area contributed by atoms with Gasteiger partial charge in [0.15, 0.2) is 5.96 Å². The fourth-order valence-electron chi connectivity index (χ4n) is 5.21. The number of likely N-dealkylation sites (tertiary alicyclic amines) is 2. The summed E-state index contributed by atoms with van der Waals surface area (Å²) in [5.41, 5.74) is 0.256. The van der Waals surface area contributed by atoms with Crippen molar-refractivity contribution in [3.63, 3.8) is 0 Å². The maximum Gasteiger partial charge on any atom is 0.194 e. The smallest absolute Gasteiger partial charge is 0.194 e. The Balaban J connectivity index is 1.43. The van der Waals surface area contributed by atoms with E-state index in [0.717, 1.165) is 45.2 Å². The van der Waals surface area contributed by atoms with Crippen molar-refractivity contribution in [3.8, 4) is 0 Å². The molecular formula is C23H40N6S. The third-order valence-corrected chi connectivity index (χ3v) is 8.13. The predicted molar refractivity (Wildman–Crippen MR) is 129 cm³/mol. The van der Waals surface area contributed by atoms with E-state index in [1.165, 1.54) is 63.3 Å². The summed E-state index contributed by atoms with van der Waals surface area (Å²) in [6.45, 7) is 13.2. The molecule has 0 spiro atoms. The van der Waals surface area contributed by atoms with E-state index in [4.69, 9.17) is 4.99 Å². The Bertz CT molecular complexity index is 653. The predicted octanol–water partition coefficient (Wildman–Crippen LogP) is 2.79. The van der Waals surface area contributed by atoms with Gasteiger partial charge in [-0.25, -0.2) is 0 Å². The molecule has 0 unspecified atom stereocenters. The maximum atomic E-state index is 5.28. The first-order valence-corrected chi connectivity index (χ1v) is 12.8. The summed E-state index contributed by atoms with van der Waals surface area (Å²) >= 11 is 1.85. The lowest BCUT2D eigenvalue weighted by atomic mass is 9.84. The molecule has 0 aromatic carbocycles. The molecule has 30 heavy (non-hydrogen) atoms. The third-order valence-electron chi connectivity index (χ3n) is 7.20. The molecule has 6 nitrogen and oxygen atoms in total. The molecule has 7 heteroatoms. The lowest BCUT2D eigenvalue weighted by molar-refractivity contribution is 0.0206. The van der Waals surface area contributed by atoms with Crippen LogP contribution in [0.25, 0.3) is 0 Å². The molecule has 4 rings (SSSR count). The number of hydrogen-bond acceptors (Lipinski definition) is 5. The summed E-state index contributed by atoms with van der Waals surface area (Å²) in [6.07, 6.45) is 6.60. The van der Waals surface area contributed by atoms with Gasteiger partial charge in [0.1, 0.15) is 0 Å². The summed E-state index contributed by atoms with van der Waals surface area (Å²) < 4.78 is 0. The van der Waals surface area contributed by atoms with Crippen molar-refractivity contribution in [2.45, 2.75) is 44.6 Å². The highest BCUT2D eigenvalue weighted by atomic mass is 32.1. The van der Waals surface area contributed by atoms with E-state index in [2.05, 4.69) is 56.4 Å². The molecule has 3 aliphatic rings. The van der Waals surface area contributed by atoms with Crippen LogP contribution in [-0.2, 0) is 0 Å². The van der Waals surface area contributed by atoms with Gasteiger partial charge in [-0.2, -0.15) is 0 Å². The normalized spacial score (nSPS) is 24.3. The number of anilines is 1. The van der Waals surface area contributed by atoms with Gasteiger partial charge in [-0.1, -0.05) is 6.42 Å². The highest BCUT2D eigenvalue weighted by Gasteiger charge is 2.39. The van der Waals surface area contributed by atoms with Crippen LogP contribution in [0.5, 0.6) is 0 Å². The molecule has 0 bridgehead atoms. The van der Waals surface area contributed by atoms with E-state index in [-0.39, 0.29) is 5.54 Å².